The third-order valence-corrected chi connectivity index (χ3v) is 6.16. The van der Waals surface area contributed by atoms with Crippen LogP contribution in [0, 0.1) is 0 Å². The number of allylic oxidation sites excluding steroid dienone is 1. The number of hydrogen-bond donors (Lipinski definition) is 2. The summed E-state index contributed by atoms with van der Waals surface area (Å²) in [7, 11) is 3.13. The second-order valence-electron chi connectivity index (χ2n) is 8.56. The van der Waals surface area contributed by atoms with E-state index in [0.717, 1.165) is 24.2 Å². The first-order valence-corrected chi connectivity index (χ1v) is 12.2. The molecule has 1 aliphatic heterocycles. The van der Waals surface area contributed by atoms with Gasteiger partial charge in [-0.3, -0.25) is 4.79 Å². The molecule has 1 atom stereocenters. The van der Waals surface area contributed by atoms with Crippen molar-refractivity contribution in [1.29, 1.82) is 0 Å². The van der Waals surface area contributed by atoms with Crippen LogP contribution in [0.2, 0.25) is 0 Å². The molecular weight excluding hydrogens is 458 g/mol. The van der Waals surface area contributed by atoms with E-state index in [-0.39, 0.29) is 5.91 Å². The lowest BCUT2D eigenvalue weighted by molar-refractivity contribution is -0.113. The van der Waals surface area contributed by atoms with Crippen LogP contribution in [-0.4, -0.2) is 41.5 Å². The number of hydrogen-bond acceptors (Lipinski definition) is 7. The zero-order valence-corrected chi connectivity index (χ0v) is 21.2. The van der Waals surface area contributed by atoms with E-state index in [1.165, 1.54) is 19.2 Å². The number of para-hydroxylation sites is 1. The molecule has 9 nitrogen and oxygen atoms in total. The summed E-state index contributed by atoms with van der Waals surface area (Å²) in [6, 6.07) is 12.5. The predicted octanol–water partition coefficient (Wildman–Crippen LogP) is 5.18. The van der Waals surface area contributed by atoms with Gasteiger partial charge in [-0.15, -0.1) is 0 Å². The minimum absolute atomic E-state index is 0.296. The number of carbonyl (C=O) groups is 1. The summed E-state index contributed by atoms with van der Waals surface area (Å²) >= 11 is 0. The molecule has 0 spiro atoms. The number of benzene rings is 2. The Labute approximate surface area is 211 Å². The molecule has 0 unspecified atom stereocenters. The van der Waals surface area contributed by atoms with E-state index in [2.05, 4.69) is 27.6 Å². The fourth-order valence-electron chi connectivity index (χ4n) is 4.32. The number of unbranched alkanes of at least 4 members (excludes halogenated alkanes) is 3. The van der Waals surface area contributed by atoms with Crippen molar-refractivity contribution >= 4 is 17.5 Å². The zero-order chi connectivity index (χ0) is 25.5. The van der Waals surface area contributed by atoms with Gasteiger partial charge in [0.05, 0.1) is 32.1 Å². The van der Waals surface area contributed by atoms with E-state index in [9.17, 15) is 4.79 Å². The minimum Gasteiger partial charge on any atom is -0.497 e. The molecular formula is C27H33N5O4. The summed E-state index contributed by atoms with van der Waals surface area (Å²) in [5.41, 5.74) is 2.52. The van der Waals surface area contributed by atoms with Gasteiger partial charge in [-0.1, -0.05) is 44.4 Å². The molecule has 2 N–H and O–H groups in total. The lowest BCUT2D eigenvalue weighted by atomic mass is 9.94. The third kappa shape index (κ3) is 5.30. The normalized spacial score (nSPS) is 14.6. The van der Waals surface area contributed by atoms with Crippen LogP contribution < -0.4 is 24.8 Å². The lowest BCUT2D eigenvalue weighted by Gasteiger charge is -2.30. The number of ether oxygens (including phenoxy) is 3. The van der Waals surface area contributed by atoms with Crippen LogP contribution in [0.4, 0.5) is 11.6 Å². The van der Waals surface area contributed by atoms with E-state index in [0.29, 0.717) is 41.0 Å². The molecule has 4 rings (SSSR count). The monoisotopic (exact) mass is 491 g/mol. The molecule has 2 aromatic carbocycles. The molecule has 1 aliphatic rings. The summed E-state index contributed by atoms with van der Waals surface area (Å²) in [4.78, 5) is 18.1. The quantitative estimate of drug-likeness (QED) is 0.357. The molecule has 0 bridgehead atoms. The first-order valence-electron chi connectivity index (χ1n) is 12.2. The van der Waals surface area contributed by atoms with Gasteiger partial charge in [0.15, 0.2) is 0 Å². The highest BCUT2D eigenvalue weighted by molar-refractivity contribution is 6.06. The number of amides is 1. The second kappa shape index (κ2) is 11.6. The number of fused-ring (bicyclic) bond motifs is 1. The Balaban J connectivity index is 1.69. The van der Waals surface area contributed by atoms with E-state index >= 15 is 0 Å². The van der Waals surface area contributed by atoms with Gasteiger partial charge in [0, 0.05) is 17.3 Å². The van der Waals surface area contributed by atoms with Crippen molar-refractivity contribution in [3.8, 4) is 17.2 Å². The standard InChI is InChI=1S/C27H33N5O4/c1-5-6-7-10-15-36-22-12-9-8-11-20(22)25-24(18(2)30-27-28-17-29-32(25)27)26(33)31-21-16-19(34-3)13-14-23(21)35-4/h8-9,11-14,16-17,25H,5-7,10,15H2,1-4H3,(H,31,33)(H,28,29,30)/t25-/m0/s1. The van der Waals surface area contributed by atoms with E-state index in [4.69, 9.17) is 14.2 Å². The maximum Gasteiger partial charge on any atom is 0.255 e. The number of anilines is 2. The Hall–Kier alpha value is -4.01. The molecule has 9 heteroatoms. The molecule has 0 radical (unpaired) electrons. The number of nitrogens with zero attached hydrogens (tertiary/aromatic N) is 3. The lowest BCUT2D eigenvalue weighted by Crippen LogP contribution is -2.32. The molecule has 190 valence electrons. The SMILES string of the molecule is CCCCCCOc1ccccc1[C@H]1C(C(=O)Nc2cc(OC)ccc2OC)=C(C)Nc2ncnn21. The van der Waals surface area contributed by atoms with Gasteiger partial charge >= 0.3 is 0 Å². The van der Waals surface area contributed by atoms with Gasteiger partial charge in [0.2, 0.25) is 5.95 Å². The van der Waals surface area contributed by atoms with Crippen molar-refractivity contribution in [2.24, 2.45) is 0 Å². The van der Waals surface area contributed by atoms with Gasteiger partial charge in [-0.2, -0.15) is 10.1 Å². The number of methoxy groups -OCH3 is 2. The van der Waals surface area contributed by atoms with Gasteiger partial charge in [0.25, 0.3) is 5.91 Å². The average molecular weight is 492 g/mol. The first-order chi connectivity index (χ1) is 17.6. The van der Waals surface area contributed by atoms with Gasteiger partial charge in [0.1, 0.15) is 29.6 Å². The van der Waals surface area contributed by atoms with E-state index in [1.807, 2.05) is 31.2 Å². The Morgan fingerprint density at radius 2 is 1.92 bits per heavy atom. The number of nitrogens with one attached hydrogen (secondary N) is 2. The maximum atomic E-state index is 13.8. The molecule has 36 heavy (non-hydrogen) atoms. The van der Waals surface area contributed by atoms with Crippen molar-refractivity contribution in [2.45, 2.75) is 45.6 Å². The second-order valence-corrected chi connectivity index (χ2v) is 8.56. The molecule has 2 heterocycles. The Bertz CT molecular complexity index is 1240. The Kier molecular flexibility index (Phi) is 8.10. The van der Waals surface area contributed by atoms with Crippen molar-refractivity contribution in [2.75, 3.05) is 31.5 Å². The summed E-state index contributed by atoms with van der Waals surface area (Å²) in [6.45, 7) is 4.65. The highest BCUT2D eigenvalue weighted by atomic mass is 16.5. The Morgan fingerprint density at radius 1 is 1.08 bits per heavy atom. The van der Waals surface area contributed by atoms with Crippen LogP contribution in [0.1, 0.15) is 51.1 Å². The molecule has 3 aromatic rings. The molecule has 0 saturated heterocycles. The molecule has 0 saturated carbocycles. The van der Waals surface area contributed by atoms with Crippen molar-refractivity contribution in [1.82, 2.24) is 14.8 Å². The highest BCUT2D eigenvalue weighted by Gasteiger charge is 2.35. The van der Waals surface area contributed by atoms with E-state index in [1.54, 1.807) is 37.1 Å². The van der Waals surface area contributed by atoms with Crippen LogP contribution >= 0.6 is 0 Å². The summed E-state index contributed by atoms with van der Waals surface area (Å²) < 4.78 is 18.7. The average Bonchev–Trinajstić information content (AvgIpc) is 3.36. The smallest absolute Gasteiger partial charge is 0.255 e. The van der Waals surface area contributed by atoms with Crippen molar-refractivity contribution < 1.29 is 19.0 Å². The summed E-state index contributed by atoms with van der Waals surface area (Å²) in [5, 5.41) is 10.6. The van der Waals surface area contributed by atoms with Gasteiger partial charge in [-0.25, -0.2) is 4.68 Å². The number of aromatic nitrogens is 3. The molecule has 0 aliphatic carbocycles. The minimum atomic E-state index is -0.535. The fourth-order valence-corrected chi connectivity index (χ4v) is 4.32. The number of rotatable bonds is 11. The summed E-state index contributed by atoms with van der Waals surface area (Å²) in [5.74, 6) is 2.12. The van der Waals surface area contributed by atoms with Crippen LogP contribution in [0.25, 0.3) is 0 Å². The van der Waals surface area contributed by atoms with Gasteiger partial charge < -0.3 is 24.8 Å². The van der Waals surface area contributed by atoms with Crippen LogP contribution in [0.3, 0.4) is 0 Å². The summed E-state index contributed by atoms with van der Waals surface area (Å²) in [6.07, 6.45) is 5.92. The topological polar surface area (TPSA) is 99.5 Å². The number of carbonyl (C=O) groups excluding carboxylic acids is 1. The van der Waals surface area contributed by atoms with Crippen molar-refractivity contribution in [3.05, 3.63) is 65.6 Å². The molecule has 1 aromatic heterocycles. The largest absolute Gasteiger partial charge is 0.497 e. The first kappa shape index (κ1) is 25.1. The van der Waals surface area contributed by atoms with Crippen LogP contribution in [0.5, 0.6) is 17.2 Å². The van der Waals surface area contributed by atoms with Crippen molar-refractivity contribution in [3.63, 3.8) is 0 Å². The predicted molar refractivity (Wildman–Crippen MR) is 139 cm³/mol. The third-order valence-electron chi connectivity index (χ3n) is 6.16. The van der Waals surface area contributed by atoms with Crippen LogP contribution in [0.15, 0.2) is 60.1 Å². The zero-order valence-electron chi connectivity index (χ0n) is 21.2. The fraction of sp³-hybridized carbons (Fsp3) is 0.370. The highest BCUT2D eigenvalue weighted by Crippen LogP contribution is 2.40. The maximum absolute atomic E-state index is 13.8. The van der Waals surface area contributed by atoms with Gasteiger partial charge in [-0.05, 0) is 31.5 Å². The Morgan fingerprint density at radius 3 is 2.69 bits per heavy atom. The molecule has 0 fully saturated rings. The van der Waals surface area contributed by atoms with E-state index < -0.39 is 6.04 Å². The molecule has 1 amide bonds. The van der Waals surface area contributed by atoms with Crippen LogP contribution in [-0.2, 0) is 4.79 Å².